The Hall–Kier alpha value is -2.19. The zero-order valence-corrected chi connectivity index (χ0v) is 11.5. The van der Waals surface area contributed by atoms with Crippen LogP contribution in [0.15, 0.2) is 18.2 Å². The molecule has 1 aliphatic rings. The number of nitro benzene ring substituents is 1. The Kier molecular flexibility index (Phi) is 4.71. The summed E-state index contributed by atoms with van der Waals surface area (Å²) < 4.78 is 10.3. The minimum Gasteiger partial charge on any atom is -0.496 e. The number of amides is 1. The van der Waals surface area contributed by atoms with Crippen LogP contribution in [-0.4, -0.2) is 60.4 Å². The van der Waals surface area contributed by atoms with Crippen molar-refractivity contribution in [3.8, 4) is 5.75 Å². The van der Waals surface area contributed by atoms with Gasteiger partial charge in [0.25, 0.3) is 11.6 Å². The highest BCUT2D eigenvalue weighted by Crippen LogP contribution is 2.26. The number of non-ortho nitro benzene ring substituents is 1. The summed E-state index contributed by atoms with van der Waals surface area (Å²) in [4.78, 5) is 24.3. The van der Waals surface area contributed by atoms with E-state index in [4.69, 9.17) is 9.47 Å². The van der Waals surface area contributed by atoms with Crippen LogP contribution >= 0.6 is 0 Å². The lowest BCUT2D eigenvalue weighted by molar-refractivity contribution is -0.384. The first-order valence-electron chi connectivity index (χ1n) is 6.40. The van der Waals surface area contributed by atoms with Gasteiger partial charge in [-0.2, -0.15) is 0 Å². The minimum atomic E-state index is -0.570. The molecule has 1 unspecified atom stereocenters. The van der Waals surface area contributed by atoms with Gasteiger partial charge in [0.15, 0.2) is 0 Å². The van der Waals surface area contributed by atoms with Gasteiger partial charge in [-0.15, -0.1) is 0 Å². The van der Waals surface area contributed by atoms with Crippen molar-refractivity contribution in [1.82, 2.24) is 4.90 Å². The number of nitrogens with zero attached hydrogens (tertiary/aromatic N) is 2. The molecule has 1 atom stereocenters. The Labute approximate surface area is 121 Å². The van der Waals surface area contributed by atoms with E-state index in [1.54, 1.807) is 0 Å². The van der Waals surface area contributed by atoms with Gasteiger partial charge in [0.2, 0.25) is 0 Å². The van der Waals surface area contributed by atoms with E-state index in [1.807, 2.05) is 0 Å². The number of ether oxygens (including phenoxy) is 2. The predicted octanol–water partition coefficient (Wildman–Crippen LogP) is 0.437. The molecule has 1 heterocycles. The lowest BCUT2D eigenvalue weighted by atomic mass is 10.1. The summed E-state index contributed by atoms with van der Waals surface area (Å²) in [6.07, 6.45) is 0. The Morgan fingerprint density at radius 2 is 2.38 bits per heavy atom. The fourth-order valence-electron chi connectivity index (χ4n) is 2.20. The molecule has 1 fully saturated rings. The van der Waals surface area contributed by atoms with E-state index in [0.717, 1.165) is 0 Å². The van der Waals surface area contributed by atoms with E-state index in [9.17, 15) is 20.0 Å². The minimum absolute atomic E-state index is 0.104. The van der Waals surface area contributed by atoms with Crippen LogP contribution < -0.4 is 4.74 Å². The average Bonchev–Trinajstić information content (AvgIpc) is 2.53. The molecule has 8 nitrogen and oxygen atoms in total. The molecule has 1 N–H and O–H groups in total. The van der Waals surface area contributed by atoms with Crippen molar-refractivity contribution in [2.45, 2.75) is 6.04 Å². The number of aliphatic hydroxyl groups excluding tert-OH is 1. The zero-order valence-electron chi connectivity index (χ0n) is 11.5. The molecule has 2 rings (SSSR count). The molecule has 1 aromatic carbocycles. The van der Waals surface area contributed by atoms with E-state index < -0.39 is 16.9 Å². The van der Waals surface area contributed by atoms with Gasteiger partial charge in [-0.1, -0.05) is 0 Å². The van der Waals surface area contributed by atoms with Crippen LogP contribution in [0.4, 0.5) is 5.69 Å². The van der Waals surface area contributed by atoms with E-state index in [2.05, 4.69) is 0 Å². The van der Waals surface area contributed by atoms with Crippen LogP contribution in [0, 0.1) is 10.1 Å². The smallest absolute Gasteiger partial charge is 0.270 e. The topological polar surface area (TPSA) is 102 Å². The monoisotopic (exact) mass is 296 g/mol. The first-order chi connectivity index (χ1) is 10.1. The molecule has 0 aromatic heterocycles. The second-order valence-corrected chi connectivity index (χ2v) is 4.55. The van der Waals surface area contributed by atoms with Crippen LogP contribution in [0.1, 0.15) is 10.4 Å². The van der Waals surface area contributed by atoms with Gasteiger partial charge in [-0.3, -0.25) is 14.9 Å². The number of benzene rings is 1. The largest absolute Gasteiger partial charge is 0.496 e. The van der Waals surface area contributed by atoms with Gasteiger partial charge < -0.3 is 19.5 Å². The number of rotatable bonds is 4. The van der Waals surface area contributed by atoms with Crippen molar-refractivity contribution in [1.29, 1.82) is 0 Å². The Balaban J connectivity index is 2.36. The summed E-state index contributed by atoms with van der Waals surface area (Å²) in [5, 5.41) is 20.2. The lowest BCUT2D eigenvalue weighted by Gasteiger charge is -2.34. The molecular weight excluding hydrogens is 280 g/mol. The zero-order chi connectivity index (χ0) is 15.4. The van der Waals surface area contributed by atoms with Gasteiger partial charge in [0, 0.05) is 18.7 Å². The molecule has 0 spiro atoms. The third-order valence-corrected chi connectivity index (χ3v) is 3.32. The van der Waals surface area contributed by atoms with Gasteiger partial charge in [-0.05, 0) is 6.07 Å². The summed E-state index contributed by atoms with van der Waals surface area (Å²) in [7, 11) is 1.39. The van der Waals surface area contributed by atoms with Crippen LogP contribution in [0.2, 0.25) is 0 Å². The molecule has 0 aliphatic carbocycles. The number of carbonyl (C=O) groups is 1. The lowest BCUT2D eigenvalue weighted by Crippen LogP contribution is -2.50. The summed E-state index contributed by atoms with van der Waals surface area (Å²) in [5.41, 5.74) is -0.0833. The van der Waals surface area contributed by atoms with Gasteiger partial charge in [-0.25, -0.2) is 0 Å². The normalized spacial score (nSPS) is 18.4. The first kappa shape index (κ1) is 15.2. The number of morpholine rings is 1. The molecule has 1 amide bonds. The highest BCUT2D eigenvalue weighted by molar-refractivity contribution is 5.98. The van der Waals surface area contributed by atoms with Crippen LogP contribution in [0.25, 0.3) is 0 Å². The molecule has 0 radical (unpaired) electrons. The summed E-state index contributed by atoms with van der Waals surface area (Å²) >= 11 is 0. The summed E-state index contributed by atoms with van der Waals surface area (Å²) in [6.45, 7) is 0.678. The molecular formula is C13H16N2O6. The Bertz CT molecular complexity index is 547. The molecule has 0 bridgehead atoms. The van der Waals surface area contributed by atoms with E-state index >= 15 is 0 Å². The highest BCUT2D eigenvalue weighted by Gasteiger charge is 2.30. The number of methoxy groups -OCH3 is 1. The average molecular weight is 296 g/mol. The molecule has 114 valence electrons. The van der Waals surface area contributed by atoms with Crippen molar-refractivity contribution in [3.05, 3.63) is 33.9 Å². The van der Waals surface area contributed by atoms with E-state index in [-0.39, 0.29) is 30.2 Å². The summed E-state index contributed by atoms with van der Waals surface area (Å²) in [6, 6.07) is 3.39. The number of nitro groups is 1. The Morgan fingerprint density at radius 1 is 1.62 bits per heavy atom. The quantitative estimate of drug-likeness (QED) is 0.639. The fraction of sp³-hybridized carbons (Fsp3) is 0.462. The second kappa shape index (κ2) is 6.51. The van der Waals surface area contributed by atoms with Crippen LogP contribution in [0.3, 0.4) is 0 Å². The van der Waals surface area contributed by atoms with Gasteiger partial charge in [0.1, 0.15) is 5.75 Å². The molecule has 1 aromatic rings. The number of hydrogen-bond acceptors (Lipinski definition) is 6. The number of carbonyl (C=O) groups excluding carboxylic acids is 1. The predicted molar refractivity (Wildman–Crippen MR) is 72.4 cm³/mol. The van der Waals surface area contributed by atoms with Crippen LogP contribution in [0.5, 0.6) is 5.75 Å². The van der Waals surface area contributed by atoms with Crippen molar-refractivity contribution in [2.75, 3.05) is 33.5 Å². The molecule has 0 saturated carbocycles. The molecule has 1 saturated heterocycles. The number of hydrogen-bond donors (Lipinski definition) is 1. The molecule has 8 heteroatoms. The van der Waals surface area contributed by atoms with Gasteiger partial charge >= 0.3 is 0 Å². The number of aliphatic hydroxyl groups is 1. The third-order valence-electron chi connectivity index (χ3n) is 3.32. The van der Waals surface area contributed by atoms with E-state index in [1.165, 1.54) is 30.2 Å². The maximum absolute atomic E-state index is 12.6. The van der Waals surface area contributed by atoms with Crippen molar-refractivity contribution >= 4 is 11.6 Å². The van der Waals surface area contributed by atoms with Gasteiger partial charge in [0.05, 0.1) is 43.5 Å². The van der Waals surface area contributed by atoms with Crippen molar-refractivity contribution in [2.24, 2.45) is 0 Å². The fourth-order valence-corrected chi connectivity index (χ4v) is 2.20. The van der Waals surface area contributed by atoms with Crippen molar-refractivity contribution in [3.63, 3.8) is 0 Å². The highest BCUT2D eigenvalue weighted by atomic mass is 16.6. The molecule has 21 heavy (non-hydrogen) atoms. The van der Waals surface area contributed by atoms with Crippen LogP contribution in [-0.2, 0) is 4.74 Å². The van der Waals surface area contributed by atoms with Crippen molar-refractivity contribution < 1.29 is 24.3 Å². The maximum atomic E-state index is 12.6. The Morgan fingerprint density at radius 3 is 3.00 bits per heavy atom. The first-order valence-corrected chi connectivity index (χ1v) is 6.40. The second-order valence-electron chi connectivity index (χ2n) is 4.55. The summed E-state index contributed by atoms with van der Waals surface area (Å²) in [5.74, 6) is -0.160. The SMILES string of the molecule is COc1ccc([N+](=O)[O-])cc1C(=O)N1CCOCC1CO. The maximum Gasteiger partial charge on any atom is 0.270 e. The molecule has 1 aliphatic heterocycles. The third kappa shape index (κ3) is 3.11. The van der Waals surface area contributed by atoms with E-state index in [0.29, 0.717) is 13.2 Å². The standard InChI is InChI=1S/C13H16N2O6/c1-20-12-3-2-9(15(18)19)6-11(12)13(17)14-4-5-21-8-10(14)7-16/h2-3,6,10,16H,4-5,7-8H2,1H3.